The molecule has 2 aromatic rings. The first-order valence-corrected chi connectivity index (χ1v) is 10.6. The monoisotopic (exact) mass is 401 g/mol. The summed E-state index contributed by atoms with van der Waals surface area (Å²) in [5.74, 6) is -1.03. The summed E-state index contributed by atoms with van der Waals surface area (Å²) in [6.45, 7) is 5.24. The van der Waals surface area contributed by atoms with E-state index in [2.05, 4.69) is 4.72 Å². The molecular weight excluding hydrogens is 378 g/mol. The van der Waals surface area contributed by atoms with Crippen molar-refractivity contribution in [2.75, 3.05) is 6.61 Å². The summed E-state index contributed by atoms with van der Waals surface area (Å²) in [6.07, 6.45) is 1.64. The highest BCUT2D eigenvalue weighted by Gasteiger charge is 2.28. The number of hydrogen-bond acceptors (Lipinski definition) is 5. The topological polar surface area (TPSA) is 89.5 Å². The zero-order valence-corrected chi connectivity index (χ0v) is 16.9. The number of ether oxygens (including phenoxy) is 1. The Kier molecular flexibility index (Phi) is 5.67. The van der Waals surface area contributed by atoms with E-state index < -0.39 is 22.6 Å². The predicted molar refractivity (Wildman–Crippen MR) is 105 cm³/mol. The fraction of sp³-hybridized carbons (Fsp3) is 0.333. The molecule has 1 aliphatic rings. The number of ketones is 1. The highest BCUT2D eigenvalue weighted by atomic mass is 32.2. The molecule has 1 aliphatic carbocycles. The molecule has 0 amide bonds. The van der Waals surface area contributed by atoms with Gasteiger partial charge in [0, 0.05) is 11.6 Å². The number of aryl methyl sites for hydroxylation is 3. The van der Waals surface area contributed by atoms with Gasteiger partial charge in [0.15, 0.2) is 6.61 Å². The maximum absolute atomic E-state index is 12.5. The third kappa shape index (κ3) is 4.66. The maximum Gasteiger partial charge on any atom is 0.338 e. The van der Waals surface area contributed by atoms with E-state index in [9.17, 15) is 18.0 Å². The van der Waals surface area contributed by atoms with Gasteiger partial charge in [-0.1, -0.05) is 23.8 Å². The molecule has 0 aliphatic heterocycles. The number of rotatable bonds is 7. The van der Waals surface area contributed by atoms with Crippen LogP contribution in [0.25, 0.3) is 0 Å². The second kappa shape index (κ2) is 7.85. The van der Waals surface area contributed by atoms with Gasteiger partial charge in [-0.05, 0) is 62.9 Å². The average Bonchev–Trinajstić information content (AvgIpc) is 3.42. The van der Waals surface area contributed by atoms with Gasteiger partial charge in [0.05, 0.1) is 10.5 Å². The summed E-state index contributed by atoms with van der Waals surface area (Å²) < 4.78 is 32.3. The summed E-state index contributed by atoms with van der Waals surface area (Å²) in [5.41, 5.74) is 3.35. The summed E-state index contributed by atoms with van der Waals surface area (Å²) in [7, 11) is -3.67. The molecule has 0 unspecified atom stereocenters. The molecule has 0 spiro atoms. The van der Waals surface area contributed by atoms with Crippen LogP contribution in [0, 0.1) is 20.8 Å². The molecule has 1 N–H and O–H groups in total. The first-order chi connectivity index (χ1) is 13.2. The molecule has 0 saturated heterocycles. The first kappa shape index (κ1) is 20.2. The third-order valence-electron chi connectivity index (χ3n) is 4.57. The summed E-state index contributed by atoms with van der Waals surface area (Å²) >= 11 is 0. The van der Waals surface area contributed by atoms with Gasteiger partial charge in [-0.15, -0.1) is 0 Å². The minimum Gasteiger partial charge on any atom is -0.454 e. The van der Waals surface area contributed by atoms with Gasteiger partial charge in [0.25, 0.3) is 0 Å². The Balaban J connectivity index is 1.70. The summed E-state index contributed by atoms with van der Waals surface area (Å²) in [6, 6.07) is 9.41. The van der Waals surface area contributed by atoms with Crippen molar-refractivity contribution in [2.24, 2.45) is 0 Å². The van der Waals surface area contributed by atoms with E-state index in [4.69, 9.17) is 4.74 Å². The molecule has 0 heterocycles. The molecule has 0 aromatic heterocycles. The molecule has 148 valence electrons. The molecule has 6 nitrogen and oxygen atoms in total. The van der Waals surface area contributed by atoms with Crippen LogP contribution in [0.2, 0.25) is 0 Å². The minimum absolute atomic E-state index is 0.00500. The average molecular weight is 401 g/mol. The Hall–Kier alpha value is -2.51. The van der Waals surface area contributed by atoms with Crippen LogP contribution < -0.4 is 4.72 Å². The van der Waals surface area contributed by atoms with Crippen LogP contribution in [0.3, 0.4) is 0 Å². The highest BCUT2D eigenvalue weighted by molar-refractivity contribution is 7.89. The predicted octanol–water partition coefficient (Wildman–Crippen LogP) is 3.09. The number of carbonyl (C=O) groups excluding carboxylic acids is 2. The number of benzene rings is 2. The molecule has 0 bridgehead atoms. The van der Waals surface area contributed by atoms with Gasteiger partial charge >= 0.3 is 5.97 Å². The number of Topliss-reactive ketones (excluding diaryl/α,β-unsaturated/α-hetero) is 1. The summed E-state index contributed by atoms with van der Waals surface area (Å²) in [5, 5.41) is 0. The van der Waals surface area contributed by atoms with Crippen molar-refractivity contribution in [1.82, 2.24) is 4.72 Å². The molecular formula is C21H23NO5S. The smallest absolute Gasteiger partial charge is 0.338 e. The number of esters is 1. The maximum atomic E-state index is 12.5. The van der Waals surface area contributed by atoms with Crippen molar-refractivity contribution in [3.8, 4) is 0 Å². The van der Waals surface area contributed by atoms with Crippen LogP contribution in [0.15, 0.2) is 41.3 Å². The SMILES string of the molecule is Cc1cc(C)c(C(=O)COC(=O)c2cccc(S(=O)(=O)NC3CC3)c2)c(C)c1. The summed E-state index contributed by atoms with van der Waals surface area (Å²) in [4.78, 5) is 24.8. The lowest BCUT2D eigenvalue weighted by molar-refractivity contribution is 0.0474. The van der Waals surface area contributed by atoms with Crippen molar-refractivity contribution >= 4 is 21.8 Å². The Bertz CT molecular complexity index is 1020. The number of carbonyl (C=O) groups is 2. The first-order valence-electron chi connectivity index (χ1n) is 9.08. The molecule has 0 atom stereocenters. The Morgan fingerprint density at radius 2 is 1.71 bits per heavy atom. The van der Waals surface area contributed by atoms with Gasteiger partial charge in [-0.25, -0.2) is 17.9 Å². The lowest BCUT2D eigenvalue weighted by Crippen LogP contribution is -2.26. The van der Waals surface area contributed by atoms with Crippen LogP contribution in [-0.4, -0.2) is 32.8 Å². The Morgan fingerprint density at radius 1 is 1.07 bits per heavy atom. The zero-order valence-electron chi connectivity index (χ0n) is 16.1. The van der Waals surface area contributed by atoms with Gasteiger partial charge in [0.2, 0.25) is 15.8 Å². The van der Waals surface area contributed by atoms with Crippen LogP contribution >= 0.6 is 0 Å². The lowest BCUT2D eigenvalue weighted by Gasteiger charge is -2.11. The zero-order chi connectivity index (χ0) is 20.5. The fourth-order valence-corrected chi connectivity index (χ4v) is 4.54. The minimum atomic E-state index is -3.67. The second-order valence-electron chi connectivity index (χ2n) is 7.20. The van der Waals surface area contributed by atoms with Crippen molar-refractivity contribution in [3.05, 3.63) is 64.2 Å². The fourth-order valence-electron chi connectivity index (χ4n) is 3.19. The molecule has 1 fully saturated rings. The highest BCUT2D eigenvalue weighted by Crippen LogP contribution is 2.23. The van der Waals surface area contributed by atoms with Gasteiger partial charge in [-0.2, -0.15) is 0 Å². The van der Waals surface area contributed by atoms with Crippen LogP contribution in [0.5, 0.6) is 0 Å². The third-order valence-corrected chi connectivity index (χ3v) is 6.09. The van der Waals surface area contributed by atoms with E-state index in [-0.39, 0.29) is 22.3 Å². The van der Waals surface area contributed by atoms with E-state index in [0.29, 0.717) is 5.56 Å². The second-order valence-corrected chi connectivity index (χ2v) is 8.91. The van der Waals surface area contributed by atoms with Crippen LogP contribution in [-0.2, 0) is 14.8 Å². The molecule has 1 saturated carbocycles. The van der Waals surface area contributed by atoms with E-state index in [1.807, 2.05) is 32.9 Å². The molecule has 0 radical (unpaired) electrons. The number of sulfonamides is 1. The van der Waals surface area contributed by atoms with E-state index in [1.54, 1.807) is 0 Å². The quantitative estimate of drug-likeness (QED) is 0.569. The van der Waals surface area contributed by atoms with Crippen LogP contribution in [0.4, 0.5) is 0 Å². The standard InChI is InChI=1S/C21H23NO5S/c1-13-9-14(2)20(15(3)10-13)19(23)12-27-21(24)16-5-4-6-18(11-16)28(25,26)22-17-7-8-17/h4-6,9-11,17,22H,7-8,12H2,1-3H3. The normalized spacial score (nSPS) is 14.0. The van der Waals surface area contributed by atoms with E-state index >= 15 is 0 Å². The van der Waals surface area contributed by atoms with E-state index in [0.717, 1.165) is 29.5 Å². The van der Waals surface area contributed by atoms with Crippen molar-refractivity contribution < 1.29 is 22.7 Å². The Labute approximate surface area is 165 Å². The molecule has 7 heteroatoms. The van der Waals surface area contributed by atoms with Gasteiger partial charge < -0.3 is 4.74 Å². The largest absolute Gasteiger partial charge is 0.454 e. The molecule has 28 heavy (non-hydrogen) atoms. The number of hydrogen-bond donors (Lipinski definition) is 1. The van der Waals surface area contributed by atoms with Crippen molar-refractivity contribution in [2.45, 2.75) is 44.6 Å². The molecule has 2 aromatic carbocycles. The van der Waals surface area contributed by atoms with E-state index in [1.165, 1.54) is 24.3 Å². The Morgan fingerprint density at radius 3 is 2.32 bits per heavy atom. The van der Waals surface area contributed by atoms with Gasteiger partial charge in [0.1, 0.15) is 0 Å². The van der Waals surface area contributed by atoms with Crippen molar-refractivity contribution in [1.29, 1.82) is 0 Å². The van der Waals surface area contributed by atoms with Gasteiger partial charge in [-0.3, -0.25) is 4.79 Å². The molecule has 3 rings (SSSR count). The lowest BCUT2D eigenvalue weighted by atomic mass is 9.97. The van der Waals surface area contributed by atoms with Crippen LogP contribution in [0.1, 0.15) is 50.2 Å². The van der Waals surface area contributed by atoms with Crippen molar-refractivity contribution in [3.63, 3.8) is 0 Å². The number of nitrogens with one attached hydrogen (secondary N) is 1.